The fraction of sp³-hybridized carbons (Fsp3) is 0.143. The van der Waals surface area contributed by atoms with Gasteiger partial charge in [0.05, 0.1) is 30.7 Å². The highest BCUT2D eigenvalue weighted by atomic mass is 35.5. The van der Waals surface area contributed by atoms with Gasteiger partial charge in [-0.05, 0) is 18.2 Å². The van der Waals surface area contributed by atoms with Crippen LogP contribution in [-0.2, 0) is 6.18 Å². The van der Waals surface area contributed by atoms with Crippen molar-refractivity contribution in [2.75, 3.05) is 0 Å². The monoisotopic (exact) mass is 458 g/mol. The van der Waals surface area contributed by atoms with Crippen LogP contribution < -0.4 is 4.74 Å². The van der Waals surface area contributed by atoms with Gasteiger partial charge in [0.2, 0.25) is 0 Å². The fourth-order valence-electron chi connectivity index (χ4n) is 1.99. The molecule has 0 fully saturated rings. The Kier molecular flexibility index (Phi) is 6.22. The van der Waals surface area contributed by atoms with Gasteiger partial charge in [-0.3, -0.25) is 0 Å². The van der Waals surface area contributed by atoms with Crippen molar-refractivity contribution in [2.45, 2.75) is 12.8 Å². The Morgan fingerprint density at radius 1 is 0.800 bits per heavy atom. The SMILES string of the molecule is FC(F)Oc1ccc(C(F)(F)F)c(-c2c(Cl)c(Cl)c(Cl)c(Cl)c2Cl)c1. The van der Waals surface area contributed by atoms with Crippen molar-refractivity contribution < 1.29 is 26.7 Å². The lowest BCUT2D eigenvalue weighted by Crippen LogP contribution is -2.09. The molecule has 0 aromatic heterocycles. The van der Waals surface area contributed by atoms with Gasteiger partial charge in [0.1, 0.15) is 5.75 Å². The van der Waals surface area contributed by atoms with Crippen LogP contribution in [0.4, 0.5) is 22.0 Å². The van der Waals surface area contributed by atoms with Crippen molar-refractivity contribution in [1.82, 2.24) is 0 Å². The molecule has 0 aliphatic heterocycles. The minimum atomic E-state index is -4.84. The van der Waals surface area contributed by atoms with Gasteiger partial charge in [-0.1, -0.05) is 58.0 Å². The zero-order valence-electron chi connectivity index (χ0n) is 11.5. The molecule has 2 aromatic carbocycles. The molecule has 0 bridgehead atoms. The summed E-state index contributed by atoms with van der Waals surface area (Å²) in [4.78, 5) is 0. The first-order valence-electron chi connectivity index (χ1n) is 6.13. The van der Waals surface area contributed by atoms with E-state index >= 15 is 0 Å². The quantitative estimate of drug-likeness (QED) is 0.255. The van der Waals surface area contributed by atoms with Gasteiger partial charge >= 0.3 is 12.8 Å². The van der Waals surface area contributed by atoms with E-state index in [0.29, 0.717) is 12.1 Å². The Labute approximate surface area is 163 Å². The van der Waals surface area contributed by atoms with Crippen molar-refractivity contribution >= 4 is 58.0 Å². The molecule has 0 spiro atoms. The minimum Gasteiger partial charge on any atom is -0.435 e. The fourth-order valence-corrected chi connectivity index (χ4v) is 3.34. The molecule has 0 radical (unpaired) electrons. The number of benzene rings is 2. The zero-order chi connectivity index (χ0) is 19.1. The molecule has 0 N–H and O–H groups in total. The highest BCUT2D eigenvalue weighted by molar-refractivity contribution is 6.56. The van der Waals surface area contributed by atoms with Gasteiger partial charge in [-0.25, -0.2) is 0 Å². The van der Waals surface area contributed by atoms with E-state index in [1.54, 1.807) is 0 Å². The molecule has 0 saturated carbocycles. The molecule has 1 nitrogen and oxygen atoms in total. The molecule has 0 heterocycles. The second-order valence-corrected chi connectivity index (χ2v) is 6.42. The molecule has 2 rings (SSSR count). The smallest absolute Gasteiger partial charge is 0.417 e. The lowest BCUT2D eigenvalue weighted by atomic mass is 9.98. The van der Waals surface area contributed by atoms with Crippen molar-refractivity contribution in [2.24, 2.45) is 0 Å². The van der Waals surface area contributed by atoms with E-state index in [4.69, 9.17) is 58.0 Å². The van der Waals surface area contributed by atoms with E-state index in [0.717, 1.165) is 6.07 Å². The largest absolute Gasteiger partial charge is 0.435 e. The topological polar surface area (TPSA) is 9.23 Å². The Balaban J connectivity index is 2.85. The zero-order valence-corrected chi connectivity index (χ0v) is 15.3. The van der Waals surface area contributed by atoms with E-state index in [-0.39, 0.29) is 15.1 Å². The predicted octanol–water partition coefficient (Wildman–Crippen LogP) is 8.24. The molecule has 0 aliphatic carbocycles. The standard InChI is InChI=1S/C14H4Cl5F5O/c15-8-7(9(16)11(18)12(19)10(8)17)5-3-4(25-13(20)21)1-2-6(5)14(22,23)24/h1-3,13H. The highest BCUT2D eigenvalue weighted by Gasteiger charge is 2.36. The Morgan fingerprint density at radius 3 is 1.72 bits per heavy atom. The second-order valence-electron chi connectivity index (χ2n) is 4.53. The molecule has 0 saturated heterocycles. The normalized spacial score (nSPS) is 12.0. The molecule has 0 aliphatic rings. The summed E-state index contributed by atoms with van der Waals surface area (Å²) < 4.78 is 68.8. The Hall–Kier alpha value is -0.660. The predicted molar refractivity (Wildman–Crippen MR) is 88.6 cm³/mol. The van der Waals surface area contributed by atoms with Crippen molar-refractivity contribution in [3.05, 3.63) is 48.9 Å². The lowest BCUT2D eigenvalue weighted by molar-refractivity contribution is -0.137. The Morgan fingerprint density at radius 2 is 1.28 bits per heavy atom. The molecule has 2 aromatic rings. The van der Waals surface area contributed by atoms with Crippen molar-refractivity contribution in [3.63, 3.8) is 0 Å². The van der Waals surface area contributed by atoms with Crippen LogP contribution in [0.25, 0.3) is 11.1 Å². The van der Waals surface area contributed by atoms with Gasteiger partial charge < -0.3 is 4.74 Å². The summed E-state index contributed by atoms with van der Waals surface area (Å²) in [5, 5.41) is -1.75. The maximum Gasteiger partial charge on any atom is 0.417 e. The summed E-state index contributed by atoms with van der Waals surface area (Å²) in [6.45, 7) is -3.24. The third-order valence-corrected chi connectivity index (χ3v) is 5.28. The molecule has 0 unspecified atom stereocenters. The van der Waals surface area contributed by atoms with Gasteiger partial charge in [0, 0.05) is 11.1 Å². The maximum atomic E-state index is 13.3. The number of hydrogen-bond acceptors (Lipinski definition) is 1. The summed E-state index contributed by atoms with van der Waals surface area (Å²) in [6.07, 6.45) is -4.84. The third-order valence-electron chi connectivity index (χ3n) is 3.00. The van der Waals surface area contributed by atoms with Crippen molar-refractivity contribution in [3.8, 4) is 16.9 Å². The molecular formula is C14H4Cl5F5O. The van der Waals surface area contributed by atoms with Crippen LogP contribution in [0.1, 0.15) is 5.56 Å². The van der Waals surface area contributed by atoms with Gasteiger partial charge in [-0.15, -0.1) is 0 Å². The van der Waals surface area contributed by atoms with Gasteiger partial charge in [0.25, 0.3) is 0 Å². The molecule has 136 valence electrons. The first kappa shape index (κ1) is 20.6. The number of ether oxygens (including phenoxy) is 1. The van der Waals surface area contributed by atoms with Crippen molar-refractivity contribution in [1.29, 1.82) is 0 Å². The maximum absolute atomic E-state index is 13.3. The lowest BCUT2D eigenvalue weighted by Gasteiger charge is -2.18. The van der Waals surface area contributed by atoms with Crippen LogP contribution >= 0.6 is 58.0 Å². The number of rotatable bonds is 3. The van der Waals surface area contributed by atoms with Gasteiger partial charge in [0.15, 0.2) is 0 Å². The number of alkyl halides is 5. The van der Waals surface area contributed by atoms with E-state index in [2.05, 4.69) is 4.74 Å². The summed E-state index contributed by atoms with van der Waals surface area (Å²) in [7, 11) is 0. The van der Waals surface area contributed by atoms with Crippen LogP contribution in [-0.4, -0.2) is 6.61 Å². The number of halogens is 10. The van der Waals surface area contributed by atoms with Gasteiger partial charge in [-0.2, -0.15) is 22.0 Å². The minimum absolute atomic E-state index is 0.254. The molecule has 25 heavy (non-hydrogen) atoms. The van der Waals surface area contributed by atoms with Crippen LogP contribution in [0.5, 0.6) is 5.75 Å². The van der Waals surface area contributed by atoms with E-state index in [1.165, 1.54) is 0 Å². The number of hydrogen-bond donors (Lipinski definition) is 0. The van der Waals surface area contributed by atoms with E-state index < -0.39 is 45.3 Å². The molecule has 0 atom stereocenters. The average Bonchev–Trinajstić information content (AvgIpc) is 2.50. The van der Waals surface area contributed by atoms with Crippen LogP contribution in [0.3, 0.4) is 0 Å². The molecular weight excluding hydrogens is 456 g/mol. The van der Waals surface area contributed by atoms with E-state index in [9.17, 15) is 22.0 Å². The summed E-state index contributed by atoms with van der Waals surface area (Å²) in [5.41, 5.74) is -2.25. The molecule has 11 heteroatoms. The summed E-state index contributed by atoms with van der Waals surface area (Å²) >= 11 is 29.5. The molecule has 0 amide bonds. The summed E-state index contributed by atoms with van der Waals surface area (Å²) in [6, 6.07) is 2.00. The Bertz CT molecular complexity index is 793. The van der Waals surface area contributed by atoms with Crippen LogP contribution in [0, 0.1) is 0 Å². The summed E-state index contributed by atoms with van der Waals surface area (Å²) in [5.74, 6) is -0.535. The van der Waals surface area contributed by atoms with Crippen LogP contribution in [0.15, 0.2) is 18.2 Å². The third kappa shape index (κ3) is 4.19. The van der Waals surface area contributed by atoms with E-state index in [1.807, 2.05) is 0 Å². The highest BCUT2D eigenvalue weighted by Crippen LogP contribution is 2.51. The first-order chi connectivity index (χ1) is 11.4. The first-order valence-corrected chi connectivity index (χ1v) is 8.02. The van der Waals surface area contributed by atoms with Crippen LogP contribution in [0.2, 0.25) is 25.1 Å². The second kappa shape index (κ2) is 7.53. The average molecular weight is 460 g/mol.